The van der Waals surface area contributed by atoms with Crippen molar-refractivity contribution in [3.05, 3.63) is 63.7 Å². The summed E-state index contributed by atoms with van der Waals surface area (Å²) < 4.78 is 5.29. The molecule has 0 aliphatic heterocycles. The summed E-state index contributed by atoms with van der Waals surface area (Å²) in [5, 5.41) is 10.4. The fourth-order valence-electron chi connectivity index (χ4n) is 3.64. The number of nitrogens with zero attached hydrogens (tertiary/aromatic N) is 1. The third kappa shape index (κ3) is 4.46. The first kappa shape index (κ1) is 21.8. The highest BCUT2D eigenvalue weighted by atomic mass is 32.1. The lowest BCUT2D eigenvalue weighted by molar-refractivity contribution is -0.132. The van der Waals surface area contributed by atoms with Crippen molar-refractivity contribution in [3.63, 3.8) is 0 Å². The molecule has 0 bridgehead atoms. The first-order valence-electron chi connectivity index (χ1n) is 10.1. The number of carbonyl (C=O) groups is 3. The van der Waals surface area contributed by atoms with Gasteiger partial charge in [-0.3, -0.25) is 4.79 Å². The van der Waals surface area contributed by atoms with Crippen LogP contribution in [0, 0.1) is 0 Å². The number of thiophene rings is 1. The quantitative estimate of drug-likeness (QED) is 0.380. The molecule has 1 aromatic carbocycles. The molecule has 0 atom stereocenters. The molecule has 0 spiro atoms. The lowest BCUT2D eigenvalue weighted by atomic mass is 9.95. The number of aryl methyl sites for hydroxylation is 1. The standard InChI is InChI=1S/C23H25NO5S/c1-3-24(17(22(26)27)14-18(25)15-10-6-5-7-11-15)21-20(23(28)29-4-2)16-12-8-9-13-19(16)30-21/h5-7,10-11,14H,3-4,8-9,12-13H2,1-2H3,(H,26,27)/b17-14-. The normalized spacial score (nSPS) is 13.5. The number of allylic oxidation sites excluding steroid dienone is 1. The van der Waals surface area contributed by atoms with Crippen molar-refractivity contribution in [2.24, 2.45) is 0 Å². The molecule has 7 heteroatoms. The number of aliphatic carboxylic acids is 1. The maximum absolute atomic E-state index is 12.8. The molecule has 6 nitrogen and oxygen atoms in total. The summed E-state index contributed by atoms with van der Waals surface area (Å²) in [6.07, 6.45) is 4.78. The number of fused-ring (bicyclic) bond motifs is 1. The second-order valence-electron chi connectivity index (χ2n) is 6.92. The lowest BCUT2D eigenvalue weighted by Crippen LogP contribution is -2.29. The number of esters is 1. The molecule has 0 amide bonds. The largest absolute Gasteiger partial charge is 0.477 e. The zero-order valence-electron chi connectivity index (χ0n) is 17.1. The van der Waals surface area contributed by atoms with E-state index in [0.717, 1.165) is 42.2 Å². The van der Waals surface area contributed by atoms with Crippen LogP contribution in [0.5, 0.6) is 0 Å². The first-order chi connectivity index (χ1) is 14.5. The summed E-state index contributed by atoms with van der Waals surface area (Å²) in [6, 6.07) is 8.53. The lowest BCUT2D eigenvalue weighted by Gasteiger charge is -2.23. The third-order valence-electron chi connectivity index (χ3n) is 5.03. The van der Waals surface area contributed by atoms with Crippen LogP contribution in [0.2, 0.25) is 0 Å². The van der Waals surface area contributed by atoms with Crippen LogP contribution in [0.4, 0.5) is 5.00 Å². The Hall–Kier alpha value is -2.93. The summed E-state index contributed by atoms with van der Waals surface area (Å²) >= 11 is 1.43. The SMILES string of the molecule is CCOC(=O)c1c(N(CC)/C(=C\C(=O)c2ccccc2)C(=O)O)sc2c1CCCC2. The number of carbonyl (C=O) groups excluding carboxylic acids is 2. The zero-order chi connectivity index (χ0) is 21.7. The van der Waals surface area contributed by atoms with E-state index in [0.29, 0.717) is 22.7 Å². The minimum absolute atomic E-state index is 0.157. The van der Waals surface area contributed by atoms with Gasteiger partial charge in [-0.05, 0) is 45.1 Å². The number of carboxylic acid groups (broad SMARTS) is 1. The molecule has 0 saturated carbocycles. The first-order valence-corrected chi connectivity index (χ1v) is 10.9. The number of ether oxygens (including phenoxy) is 1. The summed E-state index contributed by atoms with van der Waals surface area (Å²) in [6.45, 7) is 4.08. The van der Waals surface area contributed by atoms with Gasteiger partial charge in [0.15, 0.2) is 5.78 Å². The van der Waals surface area contributed by atoms with Crippen LogP contribution in [0.1, 0.15) is 57.8 Å². The topological polar surface area (TPSA) is 83.9 Å². The van der Waals surface area contributed by atoms with E-state index >= 15 is 0 Å². The van der Waals surface area contributed by atoms with Gasteiger partial charge in [0.2, 0.25) is 0 Å². The number of hydrogen-bond donors (Lipinski definition) is 1. The van der Waals surface area contributed by atoms with E-state index in [1.165, 1.54) is 11.3 Å². The smallest absolute Gasteiger partial charge is 0.352 e. The highest BCUT2D eigenvalue weighted by Gasteiger charge is 2.31. The average Bonchev–Trinajstić information content (AvgIpc) is 3.13. The molecule has 0 saturated heterocycles. The molecule has 0 fully saturated rings. The second-order valence-corrected chi connectivity index (χ2v) is 8.00. The van der Waals surface area contributed by atoms with E-state index in [2.05, 4.69) is 0 Å². The Morgan fingerprint density at radius 1 is 1.13 bits per heavy atom. The van der Waals surface area contributed by atoms with Gasteiger partial charge in [-0.15, -0.1) is 11.3 Å². The van der Waals surface area contributed by atoms with Crippen molar-refractivity contribution in [1.29, 1.82) is 0 Å². The summed E-state index contributed by atoms with van der Waals surface area (Å²) in [5.74, 6) is -2.06. The maximum Gasteiger partial charge on any atom is 0.352 e. The monoisotopic (exact) mass is 427 g/mol. The molecular weight excluding hydrogens is 402 g/mol. The van der Waals surface area contributed by atoms with E-state index in [-0.39, 0.29) is 12.3 Å². The maximum atomic E-state index is 12.8. The molecule has 1 N–H and O–H groups in total. The Labute approximate surface area is 179 Å². The molecule has 158 valence electrons. The molecule has 1 aliphatic carbocycles. The molecule has 2 aromatic rings. The van der Waals surface area contributed by atoms with Gasteiger partial charge in [0.1, 0.15) is 10.7 Å². The van der Waals surface area contributed by atoms with Crippen LogP contribution < -0.4 is 4.90 Å². The van der Waals surface area contributed by atoms with Crippen LogP contribution in [0.25, 0.3) is 0 Å². The van der Waals surface area contributed by atoms with Gasteiger partial charge in [-0.2, -0.15) is 0 Å². The predicted molar refractivity (Wildman–Crippen MR) is 116 cm³/mol. The van der Waals surface area contributed by atoms with Gasteiger partial charge in [0.05, 0.1) is 12.2 Å². The van der Waals surface area contributed by atoms with E-state index in [1.807, 2.05) is 0 Å². The van der Waals surface area contributed by atoms with E-state index in [4.69, 9.17) is 4.74 Å². The minimum Gasteiger partial charge on any atom is -0.477 e. The molecule has 1 aliphatic rings. The fraction of sp³-hybridized carbons (Fsp3) is 0.348. The number of likely N-dealkylation sites (N-methyl/N-ethyl adjacent to an activating group) is 1. The molecule has 0 unspecified atom stereocenters. The van der Waals surface area contributed by atoms with Crippen molar-refractivity contribution in [1.82, 2.24) is 0 Å². The van der Waals surface area contributed by atoms with Crippen molar-refractivity contribution >= 4 is 34.1 Å². The van der Waals surface area contributed by atoms with Crippen molar-refractivity contribution < 1.29 is 24.2 Å². The number of hydrogen-bond acceptors (Lipinski definition) is 6. The van der Waals surface area contributed by atoms with Gasteiger partial charge >= 0.3 is 11.9 Å². The highest BCUT2D eigenvalue weighted by molar-refractivity contribution is 7.16. The molecule has 1 heterocycles. The summed E-state index contributed by atoms with van der Waals surface area (Å²) in [5.41, 5.74) is 1.65. The summed E-state index contributed by atoms with van der Waals surface area (Å²) in [7, 11) is 0. The molecular formula is C23H25NO5S. The number of carboxylic acids is 1. The average molecular weight is 428 g/mol. The second kappa shape index (κ2) is 9.71. The molecule has 1 aromatic heterocycles. The van der Waals surface area contributed by atoms with E-state index in [1.54, 1.807) is 49.1 Å². The molecule has 0 radical (unpaired) electrons. The molecule has 3 rings (SSSR count). The predicted octanol–water partition coefficient (Wildman–Crippen LogP) is 4.48. The van der Waals surface area contributed by atoms with E-state index < -0.39 is 17.7 Å². The van der Waals surface area contributed by atoms with Gasteiger partial charge in [0.25, 0.3) is 0 Å². The van der Waals surface area contributed by atoms with Gasteiger partial charge in [-0.25, -0.2) is 9.59 Å². The zero-order valence-corrected chi connectivity index (χ0v) is 18.0. The summed E-state index contributed by atoms with van der Waals surface area (Å²) in [4.78, 5) is 40.2. The van der Waals surface area contributed by atoms with Crippen LogP contribution in [-0.4, -0.2) is 36.0 Å². The number of rotatable bonds is 8. The number of ketones is 1. The fourth-order valence-corrected chi connectivity index (χ4v) is 5.10. The minimum atomic E-state index is -1.22. The van der Waals surface area contributed by atoms with Gasteiger partial charge < -0.3 is 14.7 Å². The van der Waals surface area contributed by atoms with Crippen molar-refractivity contribution in [2.45, 2.75) is 39.5 Å². The Morgan fingerprint density at radius 2 is 1.83 bits per heavy atom. The highest BCUT2D eigenvalue weighted by Crippen LogP contribution is 2.42. The van der Waals surface area contributed by atoms with Crippen LogP contribution in [0.15, 0.2) is 42.1 Å². The van der Waals surface area contributed by atoms with Gasteiger partial charge in [0, 0.05) is 23.1 Å². The Kier molecular flexibility index (Phi) is 7.05. The van der Waals surface area contributed by atoms with Crippen molar-refractivity contribution in [2.75, 3.05) is 18.1 Å². The Morgan fingerprint density at radius 3 is 2.47 bits per heavy atom. The number of benzene rings is 1. The molecule has 30 heavy (non-hydrogen) atoms. The van der Waals surface area contributed by atoms with E-state index in [9.17, 15) is 19.5 Å². The van der Waals surface area contributed by atoms with Crippen LogP contribution >= 0.6 is 11.3 Å². The van der Waals surface area contributed by atoms with Crippen LogP contribution in [-0.2, 0) is 22.4 Å². The third-order valence-corrected chi connectivity index (χ3v) is 6.34. The Balaban J connectivity index is 2.10. The van der Waals surface area contributed by atoms with Gasteiger partial charge in [-0.1, -0.05) is 30.3 Å². The Bertz CT molecular complexity index is 977. The number of anilines is 1. The van der Waals surface area contributed by atoms with Crippen molar-refractivity contribution in [3.8, 4) is 0 Å². The van der Waals surface area contributed by atoms with Crippen LogP contribution in [0.3, 0.4) is 0 Å².